The summed E-state index contributed by atoms with van der Waals surface area (Å²) >= 11 is 0. The number of piperazine rings is 1. The maximum absolute atomic E-state index is 14.6. The molecule has 0 aliphatic carbocycles. The number of anilines is 2. The fourth-order valence-corrected chi connectivity index (χ4v) is 6.55. The van der Waals surface area contributed by atoms with Gasteiger partial charge in [0.2, 0.25) is 11.8 Å². The Labute approximate surface area is 276 Å². The van der Waals surface area contributed by atoms with Gasteiger partial charge >= 0.3 is 0 Å². The van der Waals surface area contributed by atoms with Crippen LogP contribution < -0.4 is 10.2 Å². The van der Waals surface area contributed by atoms with Crippen LogP contribution in [0.3, 0.4) is 0 Å². The van der Waals surface area contributed by atoms with E-state index >= 15 is 0 Å². The number of hydrogen-bond acceptors (Lipinski definition) is 8. The van der Waals surface area contributed by atoms with Gasteiger partial charge in [0.1, 0.15) is 11.1 Å². The summed E-state index contributed by atoms with van der Waals surface area (Å²) in [6.07, 6.45) is 2.18. The normalized spacial score (nSPS) is 18.5. The minimum Gasteiger partial charge on any atom is -0.368 e. The number of fused-ring (bicyclic) bond motifs is 1. The number of H-pyrrole nitrogens is 1. The fourth-order valence-electron chi connectivity index (χ4n) is 6.55. The summed E-state index contributed by atoms with van der Waals surface area (Å²) in [5, 5.41) is 10.9. The highest BCUT2D eigenvalue weighted by atomic mass is 19.3. The molecule has 2 amide bonds. The molecule has 3 aromatic heterocycles. The molecule has 2 aromatic carbocycles. The van der Waals surface area contributed by atoms with E-state index in [-0.39, 0.29) is 32.0 Å². The van der Waals surface area contributed by atoms with Crippen molar-refractivity contribution in [2.24, 2.45) is 5.41 Å². The molecule has 1 unspecified atom stereocenters. The van der Waals surface area contributed by atoms with Crippen LogP contribution in [0.5, 0.6) is 0 Å². The molecule has 0 radical (unpaired) electrons. The second-order valence-corrected chi connectivity index (χ2v) is 12.4. The Hall–Kier alpha value is -5.30. The zero-order valence-corrected chi connectivity index (χ0v) is 26.4. The predicted molar refractivity (Wildman–Crippen MR) is 178 cm³/mol. The number of halogens is 2. The van der Waals surface area contributed by atoms with Gasteiger partial charge in [-0.2, -0.15) is 5.10 Å². The van der Waals surface area contributed by atoms with E-state index in [2.05, 4.69) is 35.4 Å². The highest BCUT2D eigenvalue weighted by molar-refractivity contribution is 6.00. The monoisotopic (exact) mass is 651 g/mol. The molecule has 5 aromatic rings. The summed E-state index contributed by atoms with van der Waals surface area (Å²) in [4.78, 5) is 45.2. The fraction of sp³-hybridized carbons (Fsp3) is 0.314. The van der Waals surface area contributed by atoms with Gasteiger partial charge < -0.3 is 15.1 Å². The zero-order chi connectivity index (χ0) is 33.3. The van der Waals surface area contributed by atoms with Crippen LogP contribution in [0.1, 0.15) is 12.1 Å². The summed E-state index contributed by atoms with van der Waals surface area (Å²) < 4.78 is 29.3. The first-order chi connectivity index (χ1) is 23.3. The van der Waals surface area contributed by atoms with E-state index in [1.165, 1.54) is 0 Å². The number of aromatic amines is 1. The standard InChI is InChI=1S/C35H35F2N9O2/c1-23-19-25(9-13-38-23)31-28-20-26(5-8-29(28)42-43-31)41-34(48)35(33(36)37)10-14-44(22-35)21-30(47)46-17-15-45(16-18-46)27-6-3-24(4-7-27)32-39-11-2-12-40-32/h2-9,11-13,19-20,33H,10,14-18,21-22H2,1H3,(H,41,48)(H,42,43). The zero-order valence-electron chi connectivity index (χ0n) is 26.4. The number of amides is 2. The van der Waals surface area contributed by atoms with Crippen molar-refractivity contribution < 1.29 is 18.4 Å². The van der Waals surface area contributed by atoms with E-state index in [9.17, 15) is 18.4 Å². The van der Waals surface area contributed by atoms with Crippen LogP contribution in [-0.2, 0) is 9.59 Å². The predicted octanol–water partition coefficient (Wildman–Crippen LogP) is 4.63. The molecule has 2 aliphatic rings. The van der Waals surface area contributed by atoms with Gasteiger partial charge in [0, 0.05) is 91.4 Å². The number of aromatic nitrogens is 5. The third-order valence-electron chi connectivity index (χ3n) is 9.29. The Morgan fingerprint density at radius 2 is 1.69 bits per heavy atom. The SMILES string of the molecule is Cc1cc(-c2n[nH]c3ccc(NC(=O)C4(C(F)F)CCN(CC(=O)N5CCN(c6ccc(-c7ncccn7)cc6)CC5)C4)cc23)ccn1. The average molecular weight is 652 g/mol. The van der Waals surface area contributed by atoms with E-state index in [1.54, 1.807) is 52.7 Å². The lowest BCUT2D eigenvalue weighted by molar-refractivity contribution is -0.136. The second kappa shape index (κ2) is 13.1. The molecule has 0 saturated carbocycles. The maximum atomic E-state index is 14.6. The Kier molecular flexibility index (Phi) is 8.52. The number of carbonyl (C=O) groups excluding carboxylic acids is 2. The van der Waals surface area contributed by atoms with Crippen molar-refractivity contribution in [2.75, 3.05) is 56.0 Å². The van der Waals surface area contributed by atoms with E-state index < -0.39 is 17.7 Å². The van der Waals surface area contributed by atoms with Crippen molar-refractivity contribution in [3.05, 3.63) is 84.9 Å². The highest BCUT2D eigenvalue weighted by Gasteiger charge is 2.52. The molecule has 7 rings (SSSR count). The van der Waals surface area contributed by atoms with Gasteiger partial charge in [-0.1, -0.05) is 0 Å². The maximum Gasteiger partial charge on any atom is 0.254 e. The van der Waals surface area contributed by atoms with Gasteiger partial charge in [-0.3, -0.25) is 24.6 Å². The Bertz CT molecular complexity index is 1930. The van der Waals surface area contributed by atoms with E-state index in [0.29, 0.717) is 43.4 Å². The summed E-state index contributed by atoms with van der Waals surface area (Å²) in [6, 6.07) is 18.7. The minimum atomic E-state index is -2.89. The third-order valence-corrected chi connectivity index (χ3v) is 9.29. The number of nitrogens with one attached hydrogen (secondary N) is 2. The van der Waals surface area contributed by atoms with Gasteiger partial charge in [-0.25, -0.2) is 18.7 Å². The number of hydrogen-bond donors (Lipinski definition) is 2. The number of aryl methyl sites for hydroxylation is 1. The molecule has 11 nitrogen and oxygen atoms in total. The van der Waals surface area contributed by atoms with E-state index in [1.807, 2.05) is 43.3 Å². The van der Waals surface area contributed by atoms with Crippen molar-refractivity contribution >= 4 is 34.1 Å². The number of rotatable bonds is 8. The minimum absolute atomic E-state index is 0.0107. The molecule has 5 heterocycles. The van der Waals surface area contributed by atoms with Crippen molar-refractivity contribution in [1.82, 2.24) is 34.9 Å². The first-order valence-corrected chi connectivity index (χ1v) is 15.9. The molecule has 13 heteroatoms. The lowest BCUT2D eigenvalue weighted by atomic mass is 9.86. The molecule has 2 aliphatic heterocycles. The van der Waals surface area contributed by atoms with Gasteiger partial charge in [-0.15, -0.1) is 0 Å². The summed E-state index contributed by atoms with van der Waals surface area (Å²) in [5.74, 6) is -0.216. The van der Waals surface area contributed by atoms with Crippen molar-refractivity contribution in [2.45, 2.75) is 19.8 Å². The molecular weight excluding hydrogens is 616 g/mol. The summed E-state index contributed by atoms with van der Waals surface area (Å²) in [7, 11) is 0. The van der Waals surface area contributed by atoms with Crippen molar-refractivity contribution in [3.63, 3.8) is 0 Å². The largest absolute Gasteiger partial charge is 0.368 e. The van der Waals surface area contributed by atoms with Crippen LogP contribution in [0, 0.1) is 12.3 Å². The molecule has 2 N–H and O–H groups in total. The van der Waals surface area contributed by atoms with Crippen LogP contribution in [0.15, 0.2) is 79.3 Å². The third kappa shape index (κ3) is 6.20. The molecule has 246 valence electrons. The van der Waals surface area contributed by atoms with Gasteiger partial charge in [0.25, 0.3) is 6.43 Å². The van der Waals surface area contributed by atoms with Crippen molar-refractivity contribution in [3.8, 4) is 22.6 Å². The Morgan fingerprint density at radius 1 is 0.917 bits per heavy atom. The summed E-state index contributed by atoms with van der Waals surface area (Å²) in [5.41, 5.74) is 3.57. The van der Waals surface area contributed by atoms with Gasteiger partial charge in [0.05, 0.1) is 12.1 Å². The first kappa shape index (κ1) is 31.3. The average Bonchev–Trinajstić information content (AvgIpc) is 3.74. The summed E-state index contributed by atoms with van der Waals surface area (Å²) in [6.45, 7) is 4.25. The number of carbonyl (C=O) groups is 2. The molecule has 2 saturated heterocycles. The van der Waals surface area contributed by atoms with E-state index in [4.69, 9.17) is 0 Å². The number of nitrogens with zero attached hydrogens (tertiary/aromatic N) is 7. The molecule has 48 heavy (non-hydrogen) atoms. The number of likely N-dealkylation sites (tertiary alicyclic amines) is 1. The highest BCUT2D eigenvalue weighted by Crippen LogP contribution is 2.38. The van der Waals surface area contributed by atoms with Gasteiger partial charge in [0.15, 0.2) is 5.82 Å². The van der Waals surface area contributed by atoms with Crippen LogP contribution in [0.4, 0.5) is 20.2 Å². The van der Waals surface area contributed by atoms with Crippen LogP contribution >= 0.6 is 0 Å². The molecular formula is C35H35F2N9O2. The van der Waals surface area contributed by atoms with Gasteiger partial charge in [-0.05, 0) is 74.0 Å². The quantitative estimate of drug-likeness (QED) is 0.249. The number of pyridine rings is 1. The van der Waals surface area contributed by atoms with E-state index in [0.717, 1.165) is 33.4 Å². The molecule has 1 atom stereocenters. The van der Waals surface area contributed by atoms with Crippen LogP contribution in [-0.4, -0.2) is 99.0 Å². The lowest BCUT2D eigenvalue weighted by Gasteiger charge is -2.37. The molecule has 0 bridgehead atoms. The number of alkyl halides is 2. The van der Waals surface area contributed by atoms with Crippen LogP contribution in [0.25, 0.3) is 33.5 Å². The first-order valence-electron chi connectivity index (χ1n) is 15.9. The Morgan fingerprint density at radius 3 is 2.42 bits per heavy atom. The van der Waals surface area contributed by atoms with Crippen molar-refractivity contribution in [1.29, 1.82) is 0 Å². The second-order valence-electron chi connectivity index (χ2n) is 12.4. The lowest BCUT2D eigenvalue weighted by Crippen LogP contribution is -2.51. The van der Waals surface area contributed by atoms with Crippen LogP contribution in [0.2, 0.25) is 0 Å². The smallest absolute Gasteiger partial charge is 0.254 e. The number of benzene rings is 2. The molecule has 2 fully saturated rings. The topological polar surface area (TPSA) is 123 Å². The molecule has 0 spiro atoms. The Balaban J connectivity index is 0.960.